The predicted octanol–water partition coefficient (Wildman–Crippen LogP) is -2.85. The molecule has 0 unspecified atom stereocenters. The van der Waals surface area contributed by atoms with Gasteiger partial charge in [0, 0.05) is 110 Å². The van der Waals surface area contributed by atoms with Crippen LogP contribution in [0, 0.1) is 5.92 Å². The maximum absolute atomic E-state index is 14.5. The Morgan fingerprint density at radius 1 is 0.420 bits per heavy atom. The molecule has 0 aliphatic heterocycles. The van der Waals surface area contributed by atoms with Crippen LogP contribution in [0.25, 0.3) is 0 Å². The van der Waals surface area contributed by atoms with Gasteiger partial charge in [0.2, 0.25) is 35.4 Å². The van der Waals surface area contributed by atoms with Gasteiger partial charge < -0.3 is 72.6 Å². The molecule has 366 valence electrons. The van der Waals surface area contributed by atoms with Crippen LogP contribution in [0.3, 0.4) is 0 Å². The largest absolute Gasteiger partial charge is 0.480 e. The van der Waals surface area contributed by atoms with Crippen LogP contribution in [-0.2, 0) is 72.1 Å². The molecule has 7 atom stereocenters. The van der Waals surface area contributed by atoms with E-state index in [1.165, 1.54) is 75.1 Å². The van der Waals surface area contributed by atoms with Crippen molar-refractivity contribution >= 4 is 41.4 Å². The Kier molecular flexibility index (Phi) is 17.6. The van der Waals surface area contributed by atoms with Crippen LogP contribution in [0.5, 0.6) is 0 Å². The van der Waals surface area contributed by atoms with Crippen molar-refractivity contribution in [2.24, 2.45) is 11.7 Å². The highest BCUT2D eigenvalue weighted by Crippen LogP contribution is 2.10. The molecular formula is C42H55N19O8. The van der Waals surface area contributed by atoms with Gasteiger partial charge in [-0.2, -0.15) is 0 Å². The molecule has 6 aromatic rings. The summed E-state index contributed by atoms with van der Waals surface area (Å²) in [6.45, 7) is 3.81. The number of imidazole rings is 6. The molecule has 0 aromatic carbocycles. The Labute approximate surface area is 393 Å². The summed E-state index contributed by atoms with van der Waals surface area (Å²) in [5.74, 6) is -5.96. The summed E-state index contributed by atoms with van der Waals surface area (Å²) < 4.78 is 0. The number of nitrogens with zero attached hydrogens (tertiary/aromatic N) is 6. The van der Waals surface area contributed by atoms with E-state index in [1.54, 1.807) is 0 Å². The van der Waals surface area contributed by atoms with Crippen LogP contribution in [0.1, 0.15) is 54.4 Å². The third-order valence-electron chi connectivity index (χ3n) is 10.7. The van der Waals surface area contributed by atoms with E-state index in [2.05, 4.69) is 91.7 Å². The smallest absolute Gasteiger partial charge is 0.326 e. The molecule has 6 heterocycles. The molecule has 0 aliphatic rings. The van der Waals surface area contributed by atoms with Crippen molar-refractivity contribution in [2.45, 2.75) is 101 Å². The SMILES string of the molecule is CC(C)C[C@H](N)C(=O)N[C@@H](Cc1cnc[nH]1)C(=O)N[C@@H](Cc1cnc[nH]1)C(=O)N[C@@H](Cc1cnc[nH]1)C(=O)N[C@@H](Cc1cnc[nH]1)C(=O)N[C@@H](Cc1cnc[nH]1)C(=O)N[C@@H](Cc1cnc[nH]1)C(=O)O. The zero-order valence-corrected chi connectivity index (χ0v) is 37.6. The zero-order chi connectivity index (χ0) is 49.3. The van der Waals surface area contributed by atoms with E-state index in [-0.39, 0.29) is 44.4 Å². The third-order valence-corrected chi connectivity index (χ3v) is 10.7. The Morgan fingerprint density at radius 3 is 0.841 bits per heavy atom. The minimum absolute atomic E-state index is 0.0370. The second-order valence-electron chi connectivity index (χ2n) is 16.6. The van der Waals surface area contributed by atoms with E-state index in [0.29, 0.717) is 40.6 Å². The first-order valence-corrected chi connectivity index (χ1v) is 21.8. The first kappa shape index (κ1) is 49.9. The first-order chi connectivity index (χ1) is 33.2. The first-order valence-electron chi connectivity index (χ1n) is 21.8. The second-order valence-corrected chi connectivity index (χ2v) is 16.6. The van der Waals surface area contributed by atoms with Crippen molar-refractivity contribution in [1.29, 1.82) is 0 Å². The molecule has 6 aromatic heterocycles. The van der Waals surface area contributed by atoms with E-state index in [9.17, 15) is 38.7 Å². The fourth-order valence-electron chi connectivity index (χ4n) is 7.20. The van der Waals surface area contributed by atoms with E-state index in [4.69, 9.17) is 5.73 Å². The number of H-pyrrole nitrogens is 6. The molecule has 0 saturated heterocycles. The van der Waals surface area contributed by atoms with E-state index in [0.717, 1.165) is 0 Å². The van der Waals surface area contributed by atoms with Crippen LogP contribution < -0.4 is 37.6 Å². The average Bonchev–Trinajstić information content (AvgIpc) is 4.17. The lowest BCUT2D eigenvalue weighted by Crippen LogP contribution is -2.61. The molecular weight excluding hydrogens is 899 g/mol. The highest BCUT2D eigenvalue weighted by Gasteiger charge is 2.35. The maximum atomic E-state index is 14.5. The lowest BCUT2D eigenvalue weighted by molar-refractivity contribution is -0.142. The number of rotatable bonds is 27. The lowest BCUT2D eigenvalue weighted by Gasteiger charge is -2.27. The van der Waals surface area contributed by atoms with Gasteiger partial charge in [0.25, 0.3) is 0 Å². The molecule has 0 bridgehead atoms. The number of nitrogens with two attached hydrogens (primary N) is 1. The summed E-state index contributed by atoms with van der Waals surface area (Å²) in [5, 5.41) is 26.0. The normalized spacial score (nSPS) is 14.3. The number of aromatic amines is 6. The van der Waals surface area contributed by atoms with E-state index < -0.39 is 83.7 Å². The van der Waals surface area contributed by atoms with E-state index >= 15 is 0 Å². The van der Waals surface area contributed by atoms with Gasteiger partial charge in [-0.1, -0.05) is 13.8 Å². The van der Waals surface area contributed by atoms with Crippen LogP contribution >= 0.6 is 0 Å². The van der Waals surface area contributed by atoms with Gasteiger partial charge in [0.1, 0.15) is 36.3 Å². The van der Waals surface area contributed by atoms with Crippen LogP contribution in [0.4, 0.5) is 0 Å². The number of carboxylic acid groups (broad SMARTS) is 1. The number of carbonyl (C=O) groups excluding carboxylic acids is 6. The quantitative estimate of drug-likeness (QED) is 0.0247. The fourth-order valence-corrected chi connectivity index (χ4v) is 7.20. The molecule has 69 heavy (non-hydrogen) atoms. The van der Waals surface area contributed by atoms with Crippen LogP contribution in [0.15, 0.2) is 75.1 Å². The molecule has 0 aliphatic carbocycles. The molecule has 6 rings (SSSR count). The summed E-state index contributed by atoms with van der Waals surface area (Å²) in [6, 6.07) is -9.16. The molecule has 0 spiro atoms. The minimum atomic E-state index is -1.43. The minimum Gasteiger partial charge on any atom is -0.480 e. The Morgan fingerprint density at radius 2 is 0.638 bits per heavy atom. The Balaban J connectivity index is 1.23. The van der Waals surface area contributed by atoms with Gasteiger partial charge in [0.05, 0.1) is 44.0 Å². The van der Waals surface area contributed by atoms with Crippen molar-refractivity contribution < 1.29 is 38.7 Å². The maximum Gasteiger partial charge on any atom is 0.326 e. The van der Waals surface area contributed by atoms with Crippen LogP contribution in [0.2, 0.25) is 0 Å². The molecule has 15 N–H and O–H groups in total. The van der Waals surface area contributed by atoms with Crippen LogP contribution in [-0.4, -0.2) is 149 Å². The van der Waals surface area contributed by atoms with Crippen molar-refractivity contribution in [3.05, 3.63) is 109 Å². The summed E-state index contributed by atoms with van der Waals surface area (Å²) in [4.78, 5) is 138. The topological polar surface area (TPSA) is 410 Å². The number of carboxylic acids is 1. The van der Waals surface area contributed by atoms with Crippen molar-refractivity contribution in [3.63, 3.8) is 0 Å². The number of carbonyl (C=O) groups is 7. The Hall–Kier alpha value is -8.49. The molecule has 0 fully saturated rings. The highest BCUT2D eigenvalue weighted by atomic mass is 16.4. The average molecular weight is 954 g/mol. The molecule has 27 nitrogen and oxygen atoms in total. The number of hydrogen-bond donors (Lipinski definition) is 14. The van der Waals surface area contributed by atoms with Gasteiger partial charge >= 0.3 is 5.97 Å². The molecule has 27 heteroatoms. The van der Waals surface area contributed by atoms with Gasteiger partial charge in [0.15, 0.2) is 0 Å². The predicted molar refractivity (Wildman–Crippen MR) is 240 cm³/mol. The summed E-state index contributed by atoms with van der Waals surface area (Å²) in [5.41, 5.74) is 8.80. The summed E-state index contributed by atoms with van der Waals surface area (Å²) in [6.07, 6.45) is 16.5. The Bertz CT molecular complexity index is 2530. The van der Waals surface area contributed by atoms with E-state index in [1.807, 2.05) is 13.8 Å². The zero-order valence-electron chi connectivity index (χ0n) is 37.6. The number of amides is 6. The number of aromatic nitrogens is 12. The van der Waals surface area contributed by atoms with Gasteiger partial charge in [-0.3, -0.25) is 28.8 Å². The van der Waals surface area contributed by atoms with Gasteiger partial charge in [-0.25, -0.2) is 34.7 Å². The highest BCUT2D eigenvalue weighted by molar-refractivity contribution is 5.97. The lowest BCUT2D eigenvalue weighted by atomic mass is 10.0. The molecule has 6 amide bonds. The fraction of sp³-hybridized carbons (Fsp3) is 0.405. The number of hydrogen-bond acceptors (Lipinski definition) is 14. The standard InChI is InChI=1S/C42H55N19O8/c1-22(2)3-29(43)36(62)56-30(4-23-10-44-16-50-23)37(63)57-31(5-24-11-45-17-51-24)38(64)58-32(6-25-12-46-18-52-25)39(65)59-33(7-26-13-47-19-53-26)40(66)60-34(8-27-14-48-20-54-27)41(67)61-35(42(68)69)9-28-15-49-21-55-28/h10-22,29-35H,3-9,43H2,1-2H3,(H,44,50)(H,45,51)(H,46,52)(H,47,53)(H,48,54)(H,49,55)(H,56,62)(H,57,63)(H,58,64)(H,59,65)(H,60,66)(H,61,67)(H,68,69)/t29-,30-,31-,32-,33-,34-,35-/m0/s1. The van der Waals surface area contributed by atoms with Gasteiger partial charge in [-0.05, 0) is 12.3 Å². The third kappa shape index (κ3) is 15.3. The van der Waals surface area contributed by atoms with Crippen molar-refractivity contribution in [3.8, 4) is 0 Å². The number of aliphatic carboxylic acids is 1. The second kappa shape index (κ2) is 24.3. The van der Waals surface area contributed by atoms with Crippen molar-refractivity contribution in [1.82, 2.24) is 91.7 Å². The van der Waals surface area contributed by atoms with Gasteiger partial charge in [-0.15, -0.1) is 0 Å². The molecule has 0 saturated carbocycles. The molecule has 0 radical (unpaired) electrons. The number of nitrogens with one attached hydrogen (secondary N) is 12. The van der Waals surface area contributed by atoms with Crippen molar-refractivity contribution in [2.75, 3.05) is 0 Å². The summed E-state index contributed by atoms with van der Waals surface area (Å²) in [7, 11) is 0. The summed E-state index contributed by atoms with van der Waals surface area (Å²) >= 11 is 0. The monoisotopic (exact) mass is 953 g/mol.